The predicted octanol–water partition coefficient (Wildman–Crippen LogP) is 3.48. The van der Waals surface area contributed by atoms with E-state index in [1.807, 2.05) is 49.3 Å². The number of amides is 1. The van der Waals surface area contributed by atoms with Gasteiger partial charge in [-0.2, -0.15) is 0 Å². The van der Waals surface area contributed by atoms with Gasteiger partial charge in [-0.05, 0) is 55.2 Å². The molecule has 7 nitrogen and oxygen atoms in total. The summed E-state index contributed by atoms with van der Waals surface area (Å²) in [6.45, 7) is 7.83. The molecule has 1 fully saturated rings. The molecule has 0 radical (unpaired) electrons. The Morgan fingerprint density at radius 3 is 2.55 bits per heavy atom. The van der Waals surface area contributed by atoms with Crippen LogP contribution in [0.25, 0.3) is 21.9 Å². The van der Waals surface area contributed by atoms with Crippen molar-refractivity contribution in [2.24, 2.45) is 0 Å². The summed E-state index contributed by atoms with van der Waals surface area (Å²) in [5.41, 5.74) is 4.25. The van der Waals surface area contributed by atoms with Gasteiger partial charge in [0.05, 0.1) is 18.2 Å². The van der Waals surface area contributed by atoms with Crippen molar-refractivity contribution < 1.29 is 13.6 Å². The summed E-state index contributed by atoms with van der Waals surface area (Å²) >= 11 is 0. The lowest BCUT2D eigenvalue weighted by Crippen LogP contribution is -2.49. The molecule has 1 aliphatic heterocycles. The molecule has 0 N–H and O–H groups in total. The Kier molecular flexibility index (Phi) is 5.72. The second-order valence-electron chi connectivity index (χ2n) is 8.76. The van der Waals surface area contributed by atoms with Crippen molar-refractivity contribution in [2.45, 2.75) is 26.7 Å². The Bertz CT molecular complexity index is 1370. The molecule has 1 aliphatic rings. The lowest BCUT2D eigenvalue weighted by atomic mass is 10.0. The first-order chi connectivity index (χ1) is 16.0. The van der Waals surface area contributed by atoms with E-state index in [1.54, 1.807) is 12.3 Å². The topological polar surface area (TPSA) is 79.8 Å². The first-order valence-electron chi connectivity index (χ1n) is 11.3. The SMILES string of the molecule is Cc1coc2cc3oc(=O)c(CC(=O)N4CCN(CCc5ccncc5)CC4)c(C)c3cc12. The van der Waals surface area contributed by atoms with Gasteiger partial charge in [0.1, 0.15) is 11.2 Å². The molecule has 7 heteroatoms. The standard InChI is InChI=1S/C26H27N3O4/c1-17-16-32-23-15-24-21(13-20(17)23)18(2)22(26(31)33-24)14-25(30)29-11-9-28(10-12-29)8-5-19-3-6-27-7-4-19/h3-4,6-7,13,15-16H,5,8-12,14H2,1-2H3. The number of nitrogens with zero attached hydrogens (tertiary/aromatic N) is 3. The van der Waals surface area contributed by atoms with Gasteiger partial charge < -0.3 is 13.7 Å². The van der Waals surface area contributed by atoms with Crippen molar-refractivity contribution in [2.75, 3.05) is 32.7 Å². The Morgan fingerprint density at radius 1 is 1.03 bits per heavy atom. The molecule has 0 saturated carbocycles. The van der Waals surface area contributed by atoms with E-state index in [4.69, 9.17) is 8.83 Å². The number of furan rings is 1. The Balaban J connectivity index is 1.27. The van der Waals surface area contributed by atoms with Gasteiger partial charge in [0.15, 0.2) is 0 Å². The molecule has 1 saturated heterocycles. The predicted molar refractivity (Wildman–Crippen MR) is 126 cm³/mol. The smallest absolute Gasteiger partial charge is 0.340 e. The van der Waals surface area contributed by atoms with Crippen LogP contribution in [0.5, 0.6) is 0 Å². The van der Waals surface area contributed by atoms with Crippen LogP contribution in [-0.2, 0) is 17.6 Å². The highest BCUT2D eigenvalue weighted by Gasteiger charge is 2.24. The monoisotopic (exact) mass is 445 g/mol. The number of hydrogen-bond donors (Lipinski definition) is 0. The highest BCUT2D eigenvalue weighted by molar-refractivity contribution is 5.96. The van der Waals surface area contributed by atoms with Gasteiger partial charge in [-0.1, -0.05) is 0 Å². The zero-order valence-electron chi connectivity index (χ0n) is 19.0. The third-order valence-electron chi connectivity index (χ3n) is 6.69. The van der Waals surface area contributed by atoms with Crippen molar-refractivity contribution >= 4 is 27.8 Å². The van der Waals surface area contributed by atoms with Crippen LogP contribution < -0.4 is 5.63 Å². The van der Waals surface area contributed by atoms with E-state index in [1.165, 1.54) is 5.56 Å². The molecular formula is C26H27N3O4. The summed E-state index contributed by atoms with van der Waals surface area (Å²) in [6.07, 6.45) is 6.35. The van der Waals surface area contributed by atoms with E-state index in [0.717, 1.165) is 48.0 Å². The summed E-state index contributed by atoms with van der Waals surface area (Å²) in [7, 11) is 0. The lowest BCUT2D eigenvalue weighted by molar-refractivity contribution is -0.132. The van der Waals surface area contributed by atoms with Crippen molar-refractivity contribution in [1.82, 2.24) is 14.8 Å². The average Bonchev–Trinajstić information content (AvgIpc) is 3.20. The number of rotatable bonds is 5. The van der Waals surface area contributed by atoms with E-state index < -0.39 is 5.63 Å². The van der Waals surface area contributed by atoms with Crippen LogP contribution in [0.15, 0.2) is 56.6 Å². The fourth-order valence-corrected chi connectivity index (χ4v) is 4.56. The van der Waals surface area contributed by atoms with E-state index in [9.17, 15) is 9.59 Å². The minimum atomic E-state index is -0.452. The van der Waals surface area contributed by atoms with Crippen molar-refractivity contribution in [1.29, 1.82) is 0 Å². The summed E-state index contributed by atoms with van der Waals surface area (Å²) in [5, 5.41) is 1.83. The van der Waals surface area contributed by atoms with Crippen LogP contribution in [0.1, 0.15) is 22.3 Å². The maximum Gasteiger partial charge on any atom is 0.340 e. The van der Waals surface area contributed by atoms with Crippen LogP contribution >= 0.6 is 0 Å². The fraction of sp³-hybridized carbons (Fsp3) is 0.346. The van der Waals surface area contributed by atoms with Crippen LogP contribution in [-0.4, -0.2) is 53.4 Å². The van der Waals surface area contributed by atoms with E-state index in [-0.39, 0.29) is 12.3 Å². The maximum atomic E-state index is 13.0. The molecule has 0 unspecified atom stereocenters. The number of aryl methyl sites for hydroxylation is 2. The first kappa shape index (κ1) is 21.4. The normalized spacial score (nSPS) is 14.9. The van der Waals surface area contributed by atoms with Crippen LogP contribution in [0, 0.1) is 13.8 Å². The number of pyridine rings is 1. The van der Waals surface area contributed by atoms with Crippen LogP contribution in [0.4, 0.5) is 0 Å². The molecule has 33 heavy (non-hydrogen) atoms. The van der Waals surface area contributed by atoms with Gasteiger partial charge >= 0.3 is 5.63 Å². The molecule has 5 rings (SSSR count). The fourth-order valence-electron chi connectivity index (χ4n) is 4.56. The van der Waals surface area contributed by atoms with Crippen molar-refractivity contribution in [3.63, 3.8) is 0 Å². The van der Waals surface area contributed by atoms with Crippen molar-refractivity contribution in [3.05, 3.63) is 75.6 Å². The van der Waals surface area contributed by atoms with Crippen LogP contribution in [0.3, 0.4) is 0 Å². The molecule has 4 aromatic rings. The number of carbonyl (C=O) groups is 1. The average molecular weight is 446 g/mol. The van der Waals surface area contributed by atoms with Gasteiger partial charge in [-0.3, -0.25) is 14.7 Å². The quantitative estimate of drug-likeness (QED) is 0.438. The second-order valence-corrected chi connectivity index (χ2v) is 8.76. The molecular weight excluding hydrogens is 418 g/mol. The number of aromatic nitrogens is 1. The summed E-state index contributed by atoms with van der Waals surface area (Å²) in [5.74, 6) is -0.0286. The number of carbonyl (C=O) groups excluding carboxylic acids is 1. The number of fused-ring (bicyclic) bond motifs is 2. The third kappa shape index (κ3) is 4.28. The maximum absolute atomic E-state index is 13.0. The molecule has 0 atom stereocenters. The zero-order valence-corrected chi connectivity index (χ0v) is 19.0. The molecule has 1 amide bonds. The summed E-state index contributed by atoms with van der Waals surface area (Å²) in [6, 6.07) is 7.81. The van der Waals surface area contributed by atoms with Gasteiger partial charge in [0.2, 0.25) is 5.91 Å². The molecule has 0 aliphatic carbocycles. The number of hydrogen-bond acceptors (Lipinski definition) is 6. The van der Waals surface area contributed by atoms with Gasteiger partial charge in [0.25, 0.3) is 0 Å². The Labute approximate surface area is 191 Å². The molecule has 0 spiro atoms. The van der Waals surface area contributed by atoms with Gasteiger partial charge in [0, 0.05) is 62.0 Å². The molecule has 0 bridgehead atoms. The lowest BCUT2D eigenvalue weighted by Gasteiger charge is -2.34. The minimum Gasteiger partial charge on any atom is -0.464 e. The minimum absolute atomic E-state index is 0.0286. The number of piperazine rings is 1. The summed E-state index contributed by atoms with van der Waals surface area (Å²) in [4.78, 5) is 34.0. The highest BCUT2D eigenvalue weighted by atomic mass is 16.4. The zero-order chi connectivity index (χ0) is 22.9. The molecule has 170 valence electrons. The van der Waals surface area contributed by atoms with Crippen molar-refractivity contribution in [3.8, 4) is 0 Å². The van der Waals surface area contributed by atoms with Gasteiger partial charge in [-0.15, -0.1) is 0 Å². The molecule has 1 aromatic carbocycles. The first-order valence-corrected chi connectivity index (χ1v) is 11.3. The summed E-state index contributed by atoms with van der Waals surface area (Å²) < 4.78 is 11.1. The van der Waals surface area contributed by atoms with E-state index >= 15 is 0 Å². The van der Waals surface area contributed by atoms with E-state index in [0.29, 0.717) is 29.8 Å². The second kappa shape index (κ2) is 8.83. The van der Waals surface area contributed by atoms with Gasteiger partial charge in [-0.25, -0.2) is 4.79 Å². The Morgan fingerprint density at radius 2 is 1.79 bits per heavy atom. The Hall–Kier alpha value is -3.45. The largest absolute Gasteiger partial charge is 0.464 e. The number of benzene rings is 1. The van der Waals surface area contributed by atoms with E-state index in [2.05, 4.69) is 9.88 Å². The highest BCUT2D eigenvalue weighted by Crippen LogP contribution is 2.29. The molecule has 3 aromatic heterocycles. The van der Waals surface area contributed by atoms with Crippen LogP contribution in [0.2, 0.25) is 0 Å². The molecule has 4 heterocycles. The third-order valence-corrected chi connectivity index (χ3v) is 6.69.